The molecule has 20 heavy (non-hydrogen) atoms. The molecular formula is C13H13F3O4. The molecule has 0 fully saturated rings. The van der Waals surface area contributed by atoms with Crippen LogP contribution in [0.3, 0.4) is 0 Å². The van der Waals surface area contributed by atoms with Crippen LogP contribution in [0.25, 0.3) is 0 Å². The summed E-state index contributed by atoms with van der Waals surface area (Å²) in [5.74, 6) is -1.83. The third-order valence-corrected chi connectivity index (χ3v) is 2.44. The number of alkyl halides is 3. The van der Waals surface area contributed by atoms with Gasteiger partial charge in [-0.3, -0.25) is 9.59 Å². The normalized spacial score (nSPS) is 11.1. The third kappa shape index (κ3) is 3.97. The Morgan fingerprint density at radius 3 is 2.40 bits per heavy atom. The summed E-state index contributed by atoms with van der Waals surface area (Å²) in [4.78, 5) is 22.9. The standard InChI is InChI=1S/C13H13F3O4/c1-3-20-12(18)7-11(17)9-5-4-8(19-2)6-10(9)13(14,15)16/h4-6H,3,7H2,1-2H3. The summed E-state index contributed by atoms with van der Waals surface area (Å²) in [5.41, 5.74) is -1.71. The van der Waals surface area contributed by atoms with Crippen LogP contribution < -0.4 is 4.74 Å². The number of carbonyl (C=O) groups excluding carboxylic acids is 2. The number of carbonyl (C=O) groups is 2. The van der Waals surface area contributed by atoms with Crippen molar-refractivity contribution in [3.63, 3.8) is 0 Å². The summed E-state index contributed by atoms with van der Waals surface area (Å²) in [5, 5.41) is 0. The minimum absolute atomic E-state index is 0.0231. The number of Topliss-reactive ketones (excluding diaryl/α,β-unsaturated/α-hetero) is 1. The third-order valence-electron chi connectivity index (χ3n) is 2.44. The van der Waals surface area contributed by atoms with Gasteiger partial charge in [0.25, 0.3) is 0 Å². The topological polar surface area (TPSA) is 52.6 Å². The summed E-state index contributed by atoms with van der Waals surface area (Å²) in [7, 11) is 1.22. The van der Waals surface area contributed by atoms with Gasteiger partial charge in [-0.1, -0.05) is 0 Å². The molecule has 0 radical (unpaired) electrons. The zero-order valence-corrected chi connectivity index (χ0v) is 10.9. The minimum atomic E-state index is -4.71. The van der Waals surface area contributed by atoms with Crippen LogP contribution in [0.1, 0.15) is 29.3 Å². The molecule has 0 bridgehead atoms. The van der Waals surface area contributed by atoms with Gasteiger partial charge in [0.15, 0.2) is 5.78 Å². The number of halogens is 3. The van der Waals surface area contributed by atoms with Crippen LogP contribution in [0.15, 0.2) is 18.2 Å². The van der Waals surface area contributed by atoms with E-state index >= 15 is 0 Å². The minimum Gasteiger partial charge on any atom is -0.497 e. The van der Waals surface area contributed by atoms with Crippen LogP contribution in [-0.4, -0.2) is 25.5 Å². The van der Waals surface area contributed by atoms with E-state index in [-0.39, 0.29) is 12.4 Å². The lowest BCUT2D eigenvalue weighted by atomic mass is 10.0. The van der Waals surface area contributed by atoms with Crippen LogP contribution in [0.4, 0.5) is 13.2 Å². The first-order valence-corrected chi connectivity index (χ1v) is 5.73. The number of hydrogen-bond acceptors (Lipinski definition) is 4. The maximum Gasteiger partial charge on any atom is 0.417 e. The fourth-order valence-corrected chi connectivity index (χ4v) is 1.57. The van der Waals surface area contributed by atoms with Gasteiger partial charge < -0.3 is 9.47 Å². The molecule has 0 N–H and O–H groups in total. The summed E-state index contributed by atoms with van der Waals surface area (Å²) in [6.45, 7) is 1.59. The van der Waals surface area contributed by atoms with Crippen molar-refractivity contribution in [3.05, 3.63) is 29.3 Å². The van der Waals surface area contributed by atoms with Crippen LogP contribution in [0.5, 0.6) is 5.75 Å². The van der Waals surface area contributed by atoms with Crippen molar-refractivity contribution < 1.29 is 32.2 Å². The van der Waals surface area contributed by atoms with E-state index in [2.05, 4.69) is 4.74 Å². The Labute approximate surface area is 113 Å². The smallest absolute Gasteiger partial charge is 0.417 e. The average molecular weight is 290 g/mol. The molecule has 0 aliphatic rings. The maximum absolute atomic E-state index is 12.9. The van der Waals surface area contributed by atoms with Crippen molar-refractivity contribution in [2.45, 2.75) is 19.5 Å². The molecule has 0 saturated carbocycles. The van der Waals surface area contributed by atoms with E-state index in [0.29, 0.717) is 0 Å². The molecule has 0 aliphatic carbocycles. The fourth-order valence-electron chi connectivity index (χ4n) is 1.57. The Bertz CT molecular complexity index is 509. The van der Waals surface area contributed by atoms with Crippen molar-refractivity contribution in [1.82, 2.24) is 0 Å². The monoisotopic (exact) mass is 290 g/mol. The van der Waals surface area contributed by atoms with Gasteiger partial charge in [-0.15, -0.1) is 0 Å². The molecule has 0 heterocycles. The molecule has 0 amide bonds. The van der Waals surface area contributed by atoms with E-state index in [1.165, 1.54) is 20.1 Å². The second-order valence-electron chi connectivity index (χ2n) is 3.81. The molecule has 0 atom stereocenters. The molecule has 0 spiro atoms. The van der Waals surface area contributed by atoms with E-state index in [9.17, 15) is 22.8 Å². The molecule has 4 nitrogen and oxygen atoms in total. The van der Waals surface area contributed by atoms with Gasteiger partial charge >= 0.3 is 12.1 Å². The average Bonchev–Trinajstić information content (AvgIpc) is 2.37. The molecule has 7 heteroatoms. The van der Waals surface area contributed by atoms with E-state index in [4.69, 9.17) is 4.74 Å². The number of hydrogen-bond donors (Lipinski definition) is 0. The molecule has 0 unspecified atom stereocenters. The molecule has 1 aromatic carbocycles. The van der Waals surface area contributed by atoms with Crippen molar-refractivity contribution in [3.8, 4) is 5.75 Å². The number of ketones is 1. The highest BCUT2D eigenvalue weighted by molar-refractivity contribution is 6.07. The predicted octanol–water partition coefficient (Wildman–Crippen LogP) is 2.85. The maximum atomic E-state index is 12.9. The van der Waals surface area contributed by atoms with Crippen molar-refractivity contribution >= 4 is 11.8 Å². The Kier molecular flexibility index (Phi) is 5.12. The highest BCUT2D eigenvalue weighted by atomic mass is 19.4. The van der Waals surface area contributed by atoms with Gasteiger partial charge in [0.05, 0.1) is 19.3 Å². The number of ether oxygens (including phenoxy) is 2. The first kappa shape index (κ1) is 16.0. The fraction of sp³-hybridized carbons (Fsp3) is 0.385. The largest absolute Gasteiger partial charge is 0.497 e. The number of esters is 1. The number of methoxy groups -OCH3 is 1. The van der Waals surface area contributed by atoms with E-state index in [1.54, 1.807) is 0 Å². The predicted molar refractivity (Wildman–Crippen MR) is 63.6 cm³/mol. The molecule has 1 aromatic rings. The van der Waals surface area contributed by atoms with Gasteiger partial charge in [0.2, 0.25) is 0 Å². The lowest BCUT2D eigenvalue weighted by molar-refractivity contribution is -0.142. The summed E-state index contributed by atoms with van der Waals surface area (Å²) in [6.07, 6.45) is -5.45. The quantitative estimate of drug-likeness (QED) is 0.475. The SMILES string of the molecule is CCOC(=O)CC(=O)c1ccc(OC)cc1C(F)(F)F. The highest BCUT2D eigenvalue weighted by Gasteiger charge is 2.36. The lowest BCUT2D eigenvalue weighted by Gasteiger charge is -2.13. The number of rotatable bonds is 5. The zero-order chi connectivity index (χ0) is 15.3. The molecular weight excluding hydrogens is 277 g/mol. The van der Waals surface area contributed by atoms with E-state index < -0.39 is 35.5 Å². The van der Waals surface area contributed by atoms with E-state index in [0.717, 1.165) is 12.1 Å². The van der Waals surface area contributed by atoms with Crippen LogP contribution in [0.2, 0.25) is 0 Å². The molecule has 0 saturated heterocycles. The Morgan fingerprint density at radius 2 is 1.90 bits per heavy atom. The second kappa shape index (κ2) is 6.40. The molecule has 0 aromatic heterocycles. The molecule has 110 valence electrons. The number of benzene rings is 1. The second-order valence-corrected chi connectivity index (χ2v) is 3.81. The first-order chi connectivity index (χ1) is 9.29. The Morgan fingerprint density at radius 1 is 1.25 bits per heavy atom. The van der Waals surface area contributed by atoms with Gasteiger partial charge in [-0.25, -0.2) is 0 Å². The van der Waals surface area contributed by atoms with Crippen molar-refractivity contribution in [2.24, 2.45) is 0 Å². The van der Waals surface area contributed by atoms with Gasteiger partial charge in [-0.05, 0) is 25.1 Å². The van der Waals surface area contributed by atoms with Crippen LogP contribution in [-0.2, 0) is 15.7 Å². The summed E-state index contributed by atoms with van der Waals surface area (Å²) >= 11 is 0. The van der Waals surface area contributed by atoms with Crippen molar-refractivity contribution in [1.29, 1.82) is 0 Å². The van der Waals surface area contributed by atoms with Crippen molar-refractivity contribution in [2.75, 3.05) is 13.7 Å². The van der Waals surface area contributed by atoms with Gasteiger partial charge in [0.1, 0.15) is 12.2 Å². The Hall–Kier alpha value is -2.05. The summed E-state index contributed by atoms with van der Waals surface area (Å²) < 4.78 is 47.9. The molecule has 0 aliphatic heterocycles. The Balaban J connectivity index is 3.11. The van der Waals surface area contributed by atoms with Crippen LogP contribution >= 0.6 is 0 Å². The lowest BCUT2D eigenvalue weighted by Crippen LogP contribution is -2.17. The first-order valence-electron chi connectivity index (χ1n) is 5.73. The zero-order valence-electron chi connectivity index (χ0n) is 10.9. The van der Waals surface area contributed by atoms with Gasteiger partial charge in [0, 0.05) is 5.56 Å². The molecule has 1 rings (SSSR count). The summed E-state index contributed by atoms with van der Waals surface area (Å²) in [6, 6.07) is 2.94. The van der Waals surface area contributed by atoms with E-state index in [1.807, 2.05) is 0 Å². The van der Waals surface area contributed by atoms with Gasteiger partial charge in [-0.2, -0.15) is 13.2 Å². The highest BCUT2D eigenvalue weighted by Crippen LogP contribution is 2.34. The van der Waals surface area contributed by atoms with Crippen LogP contribution in [0, 0.1) is 0 Å².